The number of phenols is 1. The number of aromatic nitrogens is 1. The summed E-state index contributed by atoms with van der Waals surface area (Å²) >= 11 is 1.04. The van der Waals surface area contributed by atoms with Crippen molar-refractivity contribution in [1.29, 1.82) is 0 Å². The number of aryl methyl sites for hydroxylation is 1. The Kier molecular flexibility index (Phi) is 5.54. The number of hydrogen-bond acceptors (Lipinski definition) is 4. The molecule has 29 heavy (non-hydrogen) atoms. The van der Waals surface area contributed by atoms with E-state index in [2.05, 4.69) is 4.57 Å². The summed E-state index contributed by atoms with van der Waals surface area (Å²) in [5.74, 6) is 0.499. The predicted molar refractivity (Wildman–Crippen MR) is 116 cm³/mol. The Balaban J connectivity index is 1.58. The lowest BCUT2D eigenvalue weighted by atomic mass is 9.89. The Hall–Kier alpha value is -2.47. The molecule has 1 saturated carbocycles. The van der Waals surface area contributed by atoms with Gasteiger partial charge in [0.25, 0.3) is 11.1 Å². The number of amides is 2. The second-order valence-corrected chi connectivity index (χ2v) is 8.97. The minimum absolute atomic E-state index is 0.154. The first-order chi connectivity index (χ1) is 13.9. The maximum absolute atomic E-state index is 12.9. The van der Waals surface area contributed by atoms with Crippen molar-refractivity contribution in [2.45, 2.75) is 46.0 Å². The number of thioether (sulfide) groups is 1. The third-order valence-corrected chi connectivity index (χ3v) is 6.81. The van der Waals surface area contributed by atoms with Crippen LogP contribution in [0, 0.1) is 19.8 Å². The summed E-state index contributed by atoms with van der Waals surface area (Å²) in [6.07, 6.45) is 7.70. The summed E-state index contributed by atoms with van der Waals surface area (Å²) in [5.41, 5.74) is 3.90. The molecule has 152 valence electrons. The SMILES string of the molecule is Cc1cc(/C=C2/SC(=O)N(CC3CCCCC3)C2=O)c(C)n1-c1ccc(O)cc1. The van der Waals surface area contributed by atoms with E-state index >= 15 is 0 Å². The van der Waals surface area contributed by atoms with Gasteiger partial charge in [-0.05, 0) is 86.3 Å². The van der Waals surface area contributed by atoms with Crippen molar-refractivity contribution >= 4 is 29.0 Å². The highest BCUT2D eigenvalue weighted by molar-refractivity contribution is 8.18. The van der Waals surface area contributed by atoms with Crippen LogP contribution in [-0.4, -0.2) is 32.3 Å². The Morgan fingerprint density at radius 1 is 1.10 bits per heavy atom. The van der Waals surface area contributed by atoms with Crippen LogP contribution in [0.5, 0.6) is 5.75 Å². The number of hydrogen-bond donors (Lipinski definition) is 1. The lowest BCUT2D eigenvalue weighted by Crippen LogP contribution is -2.34. The van der Waals surface area contributed by atoms with E-state index in [-0.39, 0.29) is 16.9 Å². The van der Waals surface area contributed by atoms with Gasteiger partial charge >= 0.3 is 0 Å². The Labute approximate surface area is 175 Å². The number of aromatic hydroxyl groups is 1. The highest BCUT2D eigenvalue weighted by Crippen LogP contribution is 2.36. The van der Waals surface area contributed by atoms with Gasteiger partial charge in [0.05, 0.1) is 4.91 Å². The standard InChI is InChI=1S/C23H26N2O3S/c1-15-12-18(16(2)25(15)19-8-10-20(26)11-9-19)13-21-22(27)24(23(28)29-21)14-17-6-4-3-5-7-17/h8-13,17,26H,3-7,14H2,1-2H3/b21-13+. The molecule has 6 heteroatoms. The van der Waals surface area contributed by atoms with E-state index in [9.17, 15) is 14.7 Å². The molecule has 0 radical (unpaired) electrons. The topological polar surface area (TPSA) is 62.5 Å². The summed E-state index contributed by atoms with van der Waals surface area (Å²) in [6, 6.07) is 9.06. The van der Waals surface area contributed by atoms with Crippen LogP contribution in [0.15, 0.2) is 35.2 Å². The maximum atomic E-state index is 12.9. The Bertz CT molecular complexity index is 969. The first-order valence-corrected chi connectivity index (χ1v) is 11.0. The zero-order valence-electron chi connectivity index (χ0n) is 16.9. The van der Waals surface area contributed by atoms with Gasteiger partial charge in [-0.2, -0.15) is 0 Å². The van der Waals surface area contributed by atoms with Crippen LogP contribution >= 0.6 is 11.8 Å². The molecule has 1 aliphatic heterocycles. The fourth-order valence-corrected chi connectivity index (χ4v) is 5.20. The van der Waals surface area contributed by atoms with Crippen LogP contribution in [0.4, 0.5) is 4.79 Å². The molecule has 2 aromatic rings. The van der Waals surface area contributed by atoms with Crippen molar-refractivity contribution in [3.63, 3.8) is 0 Å². The third kappa shape index (κ3) is 3.99. The first kappa shape index (κ1) is 19.8. The van der Waals surface area contributed by atoms with Crippen molar-refractivity contribution in [2.24, 2.45) is 5.92 Å². The Morgan fingerprint density at radius 2 is 1.79 bits per heavy atom. The summed E-state index contributed by atoms with van der Waals surface area (Å²) in [5, 5.41) is 9.38. The van der Waals surface area contributed by atoms with Crippen molar-refractivity contribution in [2.75, 3.05) is 6.54 Å². The quantitative estimate of drug-likeness (QED) is 0.684. The maximum Gasteiger partial charge on any atom is 0.293 e. The highest BCUT2D eigenvalue weighted by Gasteiger charge is 2.36. The monoisotopic (exact) mass is 410 g/mol. The van der Waals surface area contributed by atoms with Crippen molar-refractivity contribution < 1.29 is 14.7 Å². The average molecular weight is 411 g/mol. The van der Waals surface area contributed by atoms with Gasteiger partial charge in [0.1, 0.15) is 5.75 Å². The fourth-order valence-electron chi connectivity index (χ4n) is 4.36. The fraction of sp³-hybridized carbons (Fsp3) is 0.391. The van der Waals surface area contributed by atoms with Gasteiger partial charge in [0, 0.05) is 23.6 Å². The zero-order chi connectivity index (χ0) is 20.5. The van der Waals surface area contributed by atoms with E-state index in [0.717, 1.165) is 47.2 Å². The molecular weight excluding hydrogens is 384 g/mol. The Morgan fingerprint density at radius 3 is 2.48 bits per heavy atom. The van der Waals surface area contributed by atoms with Gasteiger partial charge in [-0.3, -0.25) is 14.5 Å². The zero-order valence-corrected chi connectivity index (χ0v) is 17.7. The number of benzene rings is 1. The van der Waals surface area contributed by atoms with Crippen LogP contribution in [0.2, 0.25) is 0 Å². The van der Waals surface area contributed by atoms with Crippen LogP contribution < -0.4 is 0 Å². The second-order valence-electron chi connectivity index (χ2n) is 7.97. The molecule has 1 N–H and O–H groups in total. The van der Waals surface area contributed by atoms with Crippen LogP contribution in [0.3, 0.4) is 0 Å². The van der Waals surface area contributed by atoms with Crippen LogP contribution in [0.25, 0.3) is 11.8 Å². The van der Waals surface area contributed by atoms with Gasteiger partial charge in [-0.1, -0.05) is 19.3 Å². The van der Waals surface area contributed by atoms with E-state index in [1.165, 1.54) is 24.2 Å². The number of imide groups is 1. The van der Waals surface area contributed by atoms with Gasteiger partial charge < -0.3 is 9.67 Å². The highest BCUT2D eigenvalue weighted by atomic mass is 32.2. The van der Waals surface area contributed by atoms with Crippen molar-refractivity contribution in [3.05, 3.63) is 52.2 Å². The molecule has 0 unspecified atom stereocenters. The molecule has 0 bridgehead atoms. The molecule has 1 aromatic carbocycles. The summed E-state index contributed by atoms with van der Waals surface area (Å²) < 4.78 is 2.08. The molecule has 0 spiro atoms. The van der Waals surface area contributed by atoms with Crippen LogP contribution in [0.1, 0.15) is 49.1 Å². The van der Waals surface area contributed by atoms with Gasteiger partial charge in [0.2, 0.25) is 0 Å². The molecular formula is C23H26N2O3S. The number of carbonyl (C=O) groups excluding carboxylic acids is 2. The number of phenolic OH excluding ortho intramolecular Hbond substituents is 1. The number of nitrogens with zero attached hydrogens (tertiary/aromatic N) is 2. The normalized spacial score (nSPS) is 19.5. The smallest absolute Gasteiger partial charge is 0.293 e. The lowest BCUT2D eigenvalue weighted by Gasteiger charge is -2.25. The summed E-state index contributed by atoms with van der Waals surface area (Å²) in [4.78, 5) is 27.3. The molecule has 2 amide bonds. The lowest BCUT2D eigenvalue weighted by molar-refractivity contribution is -0.123. The van der Waals surface area contributed by atoms with Gasteiger partial charge in [-0.25, -0.2) is 0 Å². The number of carbonyl (C=O) groups is 2. The summed E-state index contributed by atoms with van der Waals surface area (Å²) in [6.45, 7) is 4.55. The molecule has 2 heterocycles. The molecule has 5 nitrogen and oxygen atoms in total. The van der Waals surface area contributed by atoms with E-state index in [1.807, 2.05) is 38.1 Å². The van der Waals surface area contributed by atoms with E-state index in [4.69, 9.17) is 0 Å². The first-order valence-electron chi connectivity index (χ1n) is 10.2. The van der Waals surface area contributed by atoms with E-state index in [0.29, 0.717) is 17.4 Å². The number of rotatable bonds is 4. The predicted octanol–water partition coefficient (Wildman–Crippen LogP) is 5.42. The largest absolute Gasteiger partial charge is 0.508 e. The second kappa shape index (κ2) is 8.11. The van der Waals surface area contributed by atoms with Crippen LogP contribution in [-0.2, 0) is 4.79 Å². The molecule has 2 aliphatic rings. The summed E-state index contributed by atoms with van der Waals surface area (Å²) in [7, 11) is 0. The molecule has 0 atom stereocenters. The molecule has 1 aliphatic carbocycles. The van der Waals surface area contributed by atoms with Crippen molar-refractivity contribution in [1.82, 2.24) is 9.47 Å². The third-order valence-electron chi connectivity index (χ3n) is 5.90. The minimum atomic E-state index is -0.167. The minimum Gasteiger partial charge on any atom is -0.508 e. The van der Waals surface area contributed by atoms with Gasteiger partial charge in [0.15, 0.2) is 0 Å². The van der Waals surface area contributed by atoms with Gasteiger partial charge in [-0.15, -0.1) is 0 Å². The van der Waals surface area contributed by atoms with E-state index < -0.39 is 0 Å². The van der Waals surface area contributed by atoms with Crippen molar-refractivity contribution in [3.8, 4) is 11.4 Å². The molecule has 2 fully saturated rings. The molecule has 4 rings (SSSR count). The molecule has 1 saturated heterocycles. The average Bonchev–Trinajstić information content (AvgIpc) is 3.13. The van der Waals surface area contributed by atoms with E-state index in [1.54, 1.807) is 12.1 Å². The molecule has 1 aromatic heterocycles.